The van der Waals surface area contributed by atoms with E-state index in [2.05, 4.69) is 4.98 Å². The highest BCUT2D eigenvalue weighted by Crippen LogP contribution is 2.31. The third-order valence-corrected chi connectivity index (χ3v) is 4.48. The van der Waals surface area contributed by atoms with Crippen LogP contribution < -0.4 is 0 Å². The summed E-state index contributed by atoms with van der Waals surface area (Å²) in [7, 11) is 0. The zero-order valence-corrected chi connectivity index (χ0v) is 10.7. The first-order valence-corrected chi connectivity index (χ1v) is 6.85. The van der Waals surface area contributed by atoms with E-state index in [-0.39, 0.29) is 0 Å². The summed E-state index contributed by atoms with van der Waals surface area (Å²) in [5, 5.41) is 11.8. The molecule has 0 unspecified atom stereocenters. The summed E-state index contributed by atoms with van der Waals surface area (Å²) in [4.78, 5) is 16.3. The average molecular weight is 276 g/mol. The van der Waals surface area contributed by atoms with Gasteiger partial charge < -0.3 is 5.11 Å². The smallest absolute Gasteiger partial charge is 0.345 e. The van der Waals surface area contributed by atoms with Crippen LogP contribution in [-0.2, 0) is 0 Å². The van der Waals surface area contributed by atoms with Crippen molar-refractivity contribution in [2.45, 2.75) is 9.92 Å². The number of pyridine rings is 1. The Morgan fingerprint density at radius 3 is 3.11 bits per heavy atom. The lowest BCUT2D eigenvalue weighted by Gasteiger charge is -2.02. The molecule has 0 aromatic carbocycles. The third-order valence-electron chi connectivity index (χ3n) is 2.40. The van der Waals surface area contributed by atoms with E-state index < -0.39 is 5.97 Å². The molecule has 90 valence electrons. The second-order valence-corrected chi connectivity index (χ2v) is 5.58. The fourth-order valence-electron chi connectivity index (χ4n) is 1.61. The number of aromatic nitrogens is 2. The number of thiophene rings is 1. The number of hydrogen-bond acceptors (Lipinski definition) is 4. The molecule has 0 atom stereocenters. The van der Waals surface area contributed by atoms with Crippen molar-refractivity contribution < 1.29 is 9.90 Å². The van der Waals surface area contributed by atoms with Gasteiger partial charge in [0, 0.05) is 22.7 Å². The van der Waals surface area contributed by atoms with Crippen molar-refractivity contribution in [3.05, 3.63) is 46.9 Å². The molecule has 0 fully saturated rings. The number of aromatic carboxylic acids is 1. The van der Waals surface area contributed by atoms with Gasteiger partial charge in [-0.25, -0.2) is 9.78 Å². The Bertz CT molecular complexity index is 718. The molecule has 0 spiro atoms. The zero-order chi connectivity index (χ0) is 12.5. The number of rotatable bonds is 3. The zero-order valence-electron chi connectivity index (χ0n) is 9.11. The van der Waals surface area contributed by atoms with Crippen molar-refractivity contribution >= 4 is 34.7 Å². The van der Waals surface area contributed by atoms with Crippen molar-refractivity contribution in [1.82, 2.24) is 9.38 Å². The molecule has 3 heterocycles. The summed E-state index contributed by atoms with van der Waals surface area (Å²) in [6, 6.07) is 7.54. The van der Waals surface area contributed by atoms with Crippen LogP contribution in [0.1, 0.15) is 9.67 Å². The molecule has 18 heavy (non-hydrogen) atoms. The normalized spacial score (nSPS) is 10.9. The largest absolute Gasteiger partial charge is 0.477 e. The molecule has 0 bridgehead atoms. The standard InChI is InChI=1S/C12H8N2O2S2/c15-12(16)9-6-8(7-17-9)18-11-3-1-2-10-13-4-5-14(10)11/h1-7H,(H,15,16). The van der Waals surface area contributed by atoms with Gasteiger partial charge in [-0.15, -0.1) is 11.3 Å². The van der Waals surface area contributed by atoms with Crippen LogP contribution in [0.15, 0.2) is 52.0 Å². The lowest BCUT2D eigenvalue weighted by Crippen LogP contribution is -1.90. The minimum atomic E-state index is -0.882. The molecule has 3 aromatic heterocycles. The SMILES string of the molecule is O=C(O)c1cc(Sc2cccc3nccn23)cs1. The fraction of sp³-hybridized carbons (Fsp3) is 0. The number of carboxylic acid groups (broad SMARTS) is 1. The number of carbonyl (C=O) groups is 1. The van der Waals surface area contributed by atoms with E-state index in [9.17, 15) is 4.79 Å². The lowest BCUT2D eigenvalue weighted by atomic mass is 10.5. The fourth-order valence-corrected chi connectivity index (χ4v) is 3.45. The van der Waals surface area contributed by atoms with Gasteiger partial charge in [0.05, 0.1) is 5.03 Å². The molecule has 3 aromatic rings. The van der Waals surface area contributed by atoms with Crippen LogP contribution in [0.5, 0.6) is 0 Å². The second kappa shape index (κ2) is 4.47. The number of carboxylic acids is 1. The van der Waals surface area contributed by atoms with Gasteiger partial charge in [0.15, 0.2) is 0 Å². The van der Waals surface area contributed by atoms with Gasteiger partial charge in [-0.05, 0) is 18.2 Å². The van der Waals surface area contributed by atoms with E-state index in [1.807, 2.05) is 34.2 Å². The first-order chi connectivity index (χ1) is 8.74. The summed E-state index contributed by atoms with van der Waals surface area (Å²) >= 11 is 2.77. The highest BCUT2D eigenvalue weighted by molar-refractivity contribution is 7.99. The lowest BCUT2D eigenvalue weighted by molar-refractivity contribution is 0.0702. The highest BCUT2D eigenvalue weighted by Gasteiger charge is 2.09. The molecule has 0 amide bonds. The second-order valence-electron chi connectivity index (χ2n) is 3.57. The van der Waals surface area contributed by atoms with Crippen LogP contribution in [0.4, 0.5) is 0 Å². The van der Waals surface area contributed by atoms with Gasteiger partial charge in [-0.3, -0.25) is 4.40 Å². The van der Waals surface area contributed by atoms with E-state index in [1.54, 1.807) is 12.3 Å². The summed E-state index contributed by atoms with van der Waals surface area (Å²) in [5.74, 6) is -0.882. The van der Waals surface area contributed by atoms with Gasteiger partial charge in [0.25, 0.3) is 0 Å². The summed E-state index contributed by atoms with van der Waals surface area (Å²) < 4.78 is 1.97. The van der Waals surface area contributed by atoms with E-state index in [0.29, 0.717) is 4.88 Å². The number of fused-ring (bicyclic) bond motifs is 1. The molecule has 4 nitrogen and oxygen atoms in total. The molecular weight excluding hydrogens is 268 g/mol. The van der Waals surface area contributed by atoms with Gasteiger partial charge in [0.2, 0.25) is 0 Å². The molecule has 0 aliphatic rings. The summed E-state index contributed by atoms with van der Waals surface area (Å²) in [6.07, 6.45) is 3.64. The number of hydrogen-bond donors (Lipinski definition) is 1. The monoisotopic (exact) mass is 276 g/mol. The Balaban J connectivity index is 1.96. The van der Waals surface area contributed by atoms with Crippen molar-refractivity contribution in [3.8, 4) is 0 Å². The van der Waals surface area contributed by atoms with Crippen LogP contribution in [-0.4, -0.2) is 20.5 Å². The minimum Gasteiger partial charge on any atom is -0.477 e. The van der Waals surface area contributed by atoms with Crippen molar-refractivity contribution in [3.63, 3.8) is 0 Å². The van der Waals surface area contributed by atoms with E-state index in [1.165, 1.54) is 23.1 Å². The van der Waals surface area contributed by atoms with Gasteiger partial charge in [0.1, 0.15) is 10.5 Å². The van der Waals surface area contributed by atoms with Gasteiger partial charge in [-0.1, -0.05) is 17.8 Å². The van der Waals surface area contributed by atoms with Crippen molar-refractivity contribution in [1.29, 1.82) is 0 Å². The molecule has 0 radical (unpaired) electrons. The molecule has 0 aliphatic carbocycles. The predicted octanol–water partition coefficient (Wildman–Crippen LogP) is 3.25. The first-order valence-electron chi connectivity index (χ1n) is 5.16. The third kappa shape index (κ3) is 2.00. The van der Waals surface area contributed by atoms with E-state index >= 15 is 0 Å². The molecule has 3 rings (SSSR count). The highest BCUT2D eigenvalue weighted by atomic mass is 32.2. The Labute approximate surface area is 111 Å². The minimum absolute atomic E-state index is 0.357. The van der Waals surface area contributed by atoms with Crippen LogP contribution in [0.25, 0.3) is 5.65 Å². The number of nitrogens with zero attached hydrogens (tertiary/aromatic N) is 2. The summed E-state index contributed by atoms with van der Waals surface area (Å²) in [6.45, 7) is 0. The molecule has 0 saturated carbocycles. The van der Waals surface area contributed by atoms with Crippen LogP contribution in [0, 0.1) is 0 Å². The molecule has 0 aliphatic heterocycles. The van der Waals surface area contributed by atoms with E-state index in [4.69, 9.17) is 5.11 Å². The van der Waals surface area contributed by atoms with Gasteiger partial charge in [-0.2, -0.15) is 0 Å². The maximum absolute atomic E-state index is 10.8. The van der Waals surface area contributed by atoms with Crippen molar-refractivity contribution in [2.75, 3.05) is 0 Å². The predicted molar refractivity (Wildman–Crippen MR) is 70.6 cm³/mol. The molecular formula is C12H8N2O2S2. The van der Waals surface area contributed by atoms with Crippen molar-refractivity contribution in [2.24, 2.45) is 0 Å². The summed E-state index contributed by atoms with van der Waals surface area (Å²) in [5.41, 5.74) is 0.883. The first kappa shape index (κ1) is 11.3. The Morgan fingerprint density at radius 1 is 1.44 bits per heavy atom. The Morgan fingerprint density at radius 2 is 2.33 bits per heavy atom. The number of imidazole rings is 1. The van der Waals surface area contributed by atoms with Crippen LogP contribution in [0.2, 0.25) is 0 Å². The average Bonchev–Trinajstić information content (AvgIpc) is 2.97. The van der Waals surface area contributed by atoms with E-state index in [0.717, 1.165) is 15.6 Å². The topological polar surface area (TPSA) is 54.6 Å². The maximum Gasteiger partial charge on any atom is 0.345 e. The van der Waals surface area contributed by atoms with Gasteiger partial charge >= 0.3 is 5.97 Å². The maximum atomic E-state index is 10.8. The molecule has 0 saturated heterocycles. The molecule has 1 N–H and O–H groups in total. The Hall–Kier alpha value is -1.79. The Kier molecular flexibility index (Phi) is 2.81. The van der Waals surface area contributed by atoms with Crippen LogP contribution >= 0.6 is 23.1 Å². The quantitative estimate of drug-likeness (QED) is 0.798. The molecule has 6 heteroatoms. The van der Waals surface area contributed by atoms with Crippen LogP contribution in [0.3, 0.4) is 0 Å².